The number of rotatable bonds is 6. The van der Waals surface area contributed by atoms with Crippen LogP contribution < -0.4 is 21.1 Å². The molecule has 1 fully saturated rings. The molecule has 0 unspecified atom stereocenters. The Kier molecular flexibility index (Phi) is 9.23. The molecule has 5 N–H and O–H groups in total. The number of anilines is 1. The molecular weight excluding hydrogens is 532 g/mol. The van der Waals surface area contributed by atoms with Crippen LogP contribution in [0.1, 0.15) is 49.5 Å². The third kappa shape index (κ3) is 7.59. The van der Waals surface area contributed by atoms with E-state index >= 15 is 0 Å². The van der Waals surface area contributed by atoms with E-state index in [1.165, 1.54) is 6.92 Å². The molecular formula is C25H33ClN6O5S. The Morgan fingerprint density at radius 2 is 1.82 bits per heavy atom. The molecule has 0 atom stereocenters. The molecule has 2 aliphatic rings. The summed E-state index contributed by atoms with van der Waals surface area (Å²) in [6, 6.07) is 12.9. The summed E-state index contributed by atoms with van der Waals surface area (Å²) in [6.45, 7) is 7.08. The summed E-state index contributed by atoms with van der Waals surface area (Å²) in [4.78, 5) is 24.7. The maximum absolute atomic E-state index is 12.6. The number of hydrogen-bond acceptors (Lipinski definition) is 9. The molecule has 206 valence electrons. The summed E-state index contributed by atoms with van der Waals surface area (Å²) < 4.78 is 32.8. The van der Waals surface area contributed by atoms with Crippen LogP contribution >= 0.6 is 11.6 Å². The van der Waals surface area contributed by atoms with Crippen molar-refractivity contribution in [2.75, 3.05) is 23.7 Å². The fourth-order valence-electron chi connectivity index (χ4n) is 4.06. The molecule has 4 rings (SSSR count). The number of guanidine groups is 2. The van der Waals surface area contributed by atoms with Gasteiger partial charge >= 0.3 is 0 Å². The largest absolute Gasteiger partial charge is 0.487 e. The van der Waals surface area contributed by atoms with Crippen molar-refractivity contribution < 1.29 is 22.5 Å². The van der Waals surface area contributed by atoms with Crippen molar-refractivity contribution in [1.29, 1.82) is 0 Å². The summed E-state index contributed by atoms with van der Waals surface area (Å²) in [6.07, 6.45) is 2.13. The number of amides is 1. The minimum atomic E-state index is -3.66. The highest BCUT2D eigenvalue weighted by Crippen LogP contribution is 2.34. The zero-order chi connectivity index (χ0) is 28.1. The van der Waals surface area contributed by atoms with E-state index in [1.54, 1.807) is 17.0 Å². The first-order valence-corrected chi connectivity index (χ1v) is 14.0. The van der Waals surface area contributed by atoms with Crippen LogP contribution in [0.25, 0.3) is 0 Å². The second kappa shape index (κ2) is 12.0. The molecule has 0 spiro atoms. The number of benzene rings is 2. The molecule has 13 heteroatoms. The van der Waals surface area contributed by atoms with Crippen molar-refractivity contribution >= 4 is 45.2 Å². The lowest BCUT2D eigenvalue weighted by molar-refractivity contribution is 0.0792. The van der Waals surface area contributed by atoms with Gasteiger partial charge < -0.3 is 21.1 Å². The molecule has 11 nitrogen and oxygen atoms in total. The van der Waals surface area contributed by atoms with Gasteiger partial charge in [-0.3, -0.25) is 14.2 Å². The summed E-state index contributed by atoms with van der Waals surface area (Å²) in [5, 5.41) is 0.429. The number of carbonyl (C=O) groups excluding carboxylic acids is 1. The lowest BCUT2D eigenvalue weighted by Gasteiger charge is -2.38. The van der Waals surface area contributed by atoms with Gasteiger partial charge in [0.25, 0.3) is 16.0 Å². The van der Waals surface area contributed by atoms with Gasteiger partial charge in [-0.1, -0.05) is 23.7 Å². The Bertz CT molecular complexity index is 1340. The van der Waals surface area contributed by atoms with Gasteiger partial charge in [-0.15, -0.1) is 0 Å². The van der Waals surface area contributed by atoms with Gasteiger partial charge in [-0.2, -0.15) is 13.4 Å². The van der Waals surface area contributed by atoms with Gasteiger partial charge in [0, 0.05) is 24.3 Å². The highest BCUT2D eigenvalue weighted by atomic mass is 35.5. The molecule has 2 aliphatic heterocycles. The zero-order valence-corrected chi connectivity index (χ0v) is 23.2. The molecule has 0 saturated carbocycles. The third-order valence-electron chi connectivity index (χ3n) is 5.89. The summed E-state index contributed by atoms with van der Waals surface area (Å²) >= 11 is 6.50. The van der Waals surface area contributed by atoms with Crippen molar-refractivity contribution in [3.63, 3.8) is 0 Å². The predicted molar refractivity (Wildman–Crippen MR) is 149 cm³/mol. The Morgan fingerprint density at radius 1 is 1.16 bits per heavy atom. The van der Waals surface area contributed by atoms with Crippen molar-refractivity contribution in [3.05, 3.63) is 58.6 Å². The van der Waals surface area contributed by atoms with E-state index in [0.29, 0.717) is 22.9 Å². The molecule has 0 aliphatic carbocycles. The maximum Gasteiger partial charge on any atom is 0.264 e. The Morgan fingerprint density at radius 3 is 2.39 bits per heavy atom. The smallest absolute Gasteiger partial charge is 0.264 e. The standard InChI is InChI=1S/C23H27ClN6O2.C2H6O3S/c1-23(2)28-21(25)27-22(26)30(23)17-8-9-19(18(24)13-17)32-14-15-6-5-7-16(12-15)20(31)29-10-3-4-11-29;1-2-6(3,4)5/h5-9,12-13H,3-4,10-11,14H2,1-2H3,(H4,25,26,27,28);2H2,1H3,(H,3,4,5). The molecule has 38 heavy (non-hydrogen) atoms. The van der Waals surface area contributed by atoms with Gasteiger partial charge in [0.1, 0.15) is 18.0 Å². The van der Waals surface area contributed by atoms with Crippen molar-refractivity contribution in [2.24, 2.45) is 21.5 Å². The lowest BCUT2D eigenvalue weighted by Crippen LogP contribution is -2.54. The highest BCUT2D eigenvalue weighted by molar-refractivity contribution is 7.85. The normalized spacial score (nSPS) is 16.8. The Labute approximate surface area is 227 Å². The first kappa shape index (κ1) is 29.2. The molecule has 2 aromatic carbocycles. The SMILES string of the molecule is CC1(C)N=C(N)N=C(N)N1c1ccc(OCc2cccc(C(=O)N3CCCC3)c2)c(Cl)c1.CCS(=O)(=O)O. The predicted octanol–water partition coefficient (Wildman–Crippen LogP) is 3.23. The van der Waals surface area contributed by atoms with Gasteiger partial charge in [0.2, 0.25) is 11.9 Å². The number of hydrogen-bond donors (Lipinski definition) is 3. The van der Waals surface area contributed by atoms with Gasteiger partial charge in [-0.05, 0) is 69.5 Å². The van der Waals surface area contributed by atoms with E-state index in [2.05, 4.69) is 9.98 Å². The Balaban J connectivity index is 0.000000599. The van der Waals surface area contributed by atoms with E-state index in [9.17, 15) is 13.2 Å². The van der Waals surface area contributed by atoms with Crippen LogP contribution in [-0.2, 0) is 16.7 Å². The minimum absolute atomic E-state index is 0.0680. The number of carbonyl (C=O) groups is 1. The highest BCUT2D eigenvalue weighted by Gasteiger charge is 2.33. The number of aliphatic imine (C=N–C) groups is 2. The van der Waals surface area contributed by atoms with Crippen molar-refractivity contribution in [2.45, 2.75) is 45.9 Å². The van der Waals surface area contributed by atoms with Crippen LogP contribution in [-0.4, -0.2) is 60.2 Å². The van der Waals surface area contributed by atoms with Gasteiger partial charge in [-0.25, -0.2) is 4.99 Å². The molecule has 0 bridgehead atoms. The van der Waals surface area contributed by atoms with Crippen LogP contribution in [0.3, 0.4) is 0 Å². The molecule has 1 amide bonds. The van der Waals surface area contributed by atoms with E-state index < -0.39 is 15.8 Å². The second-order valence-electron chi connectivity index (χ2n) is 9.24. The van der Waals surface area contributed by atoms with Crippen LogP contribution in [0.15, 0.2) is 52.4 Å². The maximum atomic E-state index is 12.6. The van der Waals surface area contributed by atoms with Crippen LogP contribution in [0.4, 0.5) is 5.69 Å². The topological polar surface area (TPSA) is 164 Å². The third-order valence-corrected chi connectivity index (χ3v) is 6.92. The van der Waals surface area contributed by atoms with Crippen molar-refractivity contribution in [3.8, 4) is 5.75 Å². The molecule has 0 aromatic heterocycles. The summed E-state index contributed by atoms with van der Waals surface area (Å²) in [7, 11) is -3.66. The number of ether oxygens (including phenoxy) is 1. The van der Waals surface area contributed by atoms with Gasteiger partial charge in [0.15, 0.2) is 0 Å². The summed E-state index contributed by atoms with van der Waals surface area (Å²) in [5.74, 6) is 0.776. The first-order valence-electron chi connectivity index (χ1n) is 12.1. The van der Waals surface area contributed by atoms with Crippen LogP contribution in [0.2, 0.25) is 5.02 Å². The van der Waals surface area contributed by atoms with E-state index in [0.717, 1.165) is 37.2 Å². The number of likely N-dealkylation sites (tertiary alicyclic amines) is 1. The molecule has 2 aromatic rings. The van der Waals surface area contributed by atoms with E-state index in [4.69, 9.17) is 32.4 Å². The van der Waals surface area contributed by atoms with E-state index in [1.807, 2.05) is 49.1 Å². The molecule has 0 radical (unpaired) electrons. The zero-order valence-electron chi connectivity index (χ0n) is 21.6. The average Bonchev–Trinajstić information content (AvgIpc) is 3.37. The van der Waals surface area contributed by atoms with Crippen LogP contribution in [0, 0.1) is 0 Å². The summed E-state index contributed by atoms with van der Waals surface area (Å²) in [5.41, 5.74) is 13.4. The monoisotopic (exact) mass is 564 g/mol. The number of nitrogens with two attached hydrogens (primary N) is 2. The second-order valence-corrected chi connectivity index (χ2v) is 11.4. The average molecular weight is 565 g/mol. The fraction of sp³-hybridized carbons (Fsp3) is 0.400. The minimum Gasteiger partial charge on any atom is -0.487 e. The van der Waals surface area contributed by atoms with Gasteiger partial charge in [0.05, 0.1) is 10.8 Å². The van der Waals surface area contributed by atoms with Crippen molar-refractivity contribution in [1.82, 2.24) is 4.90 Å². The lowest BCUT2D eigenvalue weighted by atomic mass is 10.1. The van der Waals surface area contributed by atoms with Crippen LogP contribution in [0.5, 0.6) is 5.75 Å². The van der Waals surface area contributed by atoms with E-state index in [-0.39, 0.29) is 23.6 Å². The molecule has 1 saturated heterocycles. The molecule has 2 heterocycles. The quantitative estimate of drug-likeness (QED) is 0.450. The number of halogens is 1. The number of nitrogens with zero attached hydrogens (tertiary/aromatic N) is 4. The Hall–Kier alpha value is -3.35. The fourth-order valence-corrected chi connectivity index (χ4v) is 4.28. The first-order chi connectivity index (χ1) is 17.8.